The molecule has 96 valence electrons. The number of pyridine rings is 1. The van der Waals surface area contributed by atoms with E-state index in [9.17, 15) is 0 Å². The summed E-state index contributed by atoms with van der Waals surface area (Å²) in [5, 5.41) is 0.962. The predicted octanol–water partition coefficient (Wildman–Crippen LogP) is 3.27. The van der Waals surface area contributed by atoms with Crippen LogP contribution < -0.4 is 5.73 Å². The van der Waals surface area contributed by atoms with Crippen molar-refractivity contribution < 1.29 is 0 Å². The molecule has 3 nitrogen and oxygen atoms in total. The molecule has 18 heavy (non-hydrogen) atoms. The molecule has 0 fully saturated rings. The molecule has 2 aromatic rings. The van der Waals surface area contributed by atoms with Gasteiger partial charge in [-0.2, -0.15) is 0 Å². The number of rotatable bonds is 2. The minimum atomic E-state index is 0.0211. The van der Waals surface area contributed by atoms with E-state index in [0.29, 0.717) is 6.54 Å². The second-order valence-corrected chi connectivity index (χ2v) is 6.49. The van der Waals surface area contributed by atoms with Crippen molar-refractivity contribution in [2.75, 3.05) is 0 Å². The minimum absolute atomic E-state index is 0.0211. The van der Waals surface area contributed by atoms with Gasteiger partial charge in [-0.3, -0.25) is 4.98 Å². The van der Waals surface area contributed by atoms with Gasteiger partial charge in [-0.25, -0.2) is 4.98 Å². The van der Waals surface area contributed by atoms with E-state index in [1.165, 1.54) is 0 Å². The number of aromatic nitrogens is 2. The zero-order valence-electron chi connectivity index (χ0n) is 11.3. The first-order valence-electron chi connectivity index (χ1n) is 6.06. The van der Waals surface area contributed by atoms with Gasteiger partial charge in [0.25, 0.3) is 0 Å². The molecule has 0 radical (unpaired) electrons. The van der Waals surface area contributed by atoms with Crippen LogP contribution in [-0.4, -0.2) is 9.97 Å². The molecule has 2 rings (SSSR count). The molecule has 0 spiro atoms. The molecule has 0 aliphatic heterocycles. The second-order valence-electron chi connectivity index (χ2n) is 5.41. The average Bonchev–Trinajstić information content (AvgIpc) is 2.72. The highest BCUT2D eigenvalue weighted by Gasteiger charge is 2.23. The fourth-order valence-electron chi connectivity index (χ4n) is 1.85. The van der Waals surface area contributed by atoms with Crippen LogP contribution in [0, 0.1) is 6.92 Å². The normalized spacial score (nSPS) is 11.8. The van der Waals surface area contributed by atoms with Gasteiger partial charge in [0.15, 0.2) is 0 Å². The summed E-state index contributed by atoms with van der Waals surface area (Å²) < 4.78 is 0. The largest absolute Gasteiger partial charge is 0.326 e. The van der Waals surface area contributed by atoms with Crippen LogP contribution in [0.5, 0.6) is 0 Å². The summed E-state index contributed by atoms with van der Waals surface area (Å²) in [6.07, 6.45) is 0. The summed E-state index contributed by atoms with van der Waals surface area (Å²) in [5.41, 5.74) is 8.87. The summed E-state index contributed by atoms with van der Waals surface area (Å²) in [6, 6.07) is 6.00. The van der Waals surface area contributed by atoms with Crippen LogP contribution >= 0.6 is 11.3 Å². The summed E-state index contributed by atoms with van der Waals surface area (Å²) in [5.74, 6) is 0. The fraction of sp³-hybridized carbons (Fsp3) is 0.429. The third kappa shape index (κ3) is 2.60. The van der Waals surface area contributed by atoms with Gasteiger partial charge in [0.2, 0.25) is 0 Å². The molecule has 0 aromatic carbocycles. The highest BCUT2D eigenvalue weighted by atomic mass is 32.1. The van der Waals surface area contributed by atoms with Crippen LogP contribution in [0.1, 0.15) is 37.0 Å². The molecular formula is C14H19N3S. The Hall–Kier alpha value is -1.26. The Morgan fingerprint density at radius 3 is 2.44 bits per heavy atom. The lowest BCUT2D eigenvalue weighted by atomic mass is 9.91. The Morgan fingerprint density at radius 2 is 1.94 bits per heavy atom. The van der Waals surface area contributed by atoms with E-state index in [4.69, 9.17) is 10.7 Å². The van der Waals surface area contributed by atoms with Crippen molar-refractivity contribution in [2.45, 2.75) is 39.7 Å². The fourth-order valence-corrected chi connectivity index (χ4v) is 2.97. The van der Waals surface area contributed by atoms with Crippen molar-refractivity contribution in [1.82, 2.24) is 9.97 Å². The highest BCUT2D eigenvalue weighted by Crippen LogP contribution is 2.33. The topological polar surface area (TPSA) is 51.8 Å². The van der Waals surface area contributed by atoms with Crippen LogP contribution in [0.25, 0.3) is 10.7 Å². The lowest BCUT2D eigenvalue weighted by molar-refractivity contribution is 0.567. The molecule has 4 heteroatoms. The Kier molecular flexibility index (Phi) is 3.50. The molecule has 2 aromatic heterocycles. The van der Waals surface area contributed by atoms with Gasteiger partial charge < -0.3 is 5.73 Å². The smallest absolute Gasteiger partial charge is 0.142 e. The van der Waals surface area contributed by atoms with E-state index in [0.717, 1.165) is 27.0 Å². The van der Waals surface area contributed by atoms with Crippen molar-refractivity contribution in [3.05, 3.63) is 34.5 Å². The molecule has 0 aliphatic carbocycles. The summed E-state index contributed by atoms with van der Waals surface area (Å²) in [6.45, 7) is 9.01. The Balaban J connectivity index is 2.51. The first-order valence-corrected chi connectivity index (χ1v) is 6.87. The summed E-state index contributed by atoms with van der Waals surface area (Å²) >= 11 is 1.65. The van der Waals surface area contributed by atoms with Crippen LogP contribution in [0.4, 0.5) is 0 Å². The maximum Gasteiger partial charge on any atom is 0.142 e. The molecular weight excluding hydrogens is 242 g/mol. The molecule has 0 atom stereocenters. The third-order valence-electron chi connectivity index (χ3n) is 2.70. The Labute approximate surface area is 112 Å². The predicted molar refractivity (Wildman–Crippen MR) is 76.7 cm³/mol. The number of hydrogen-bond acceptors (Lipinski definition) is 4. The average molecular weight is 261 g/mol. The number of thiazole rings is 1. The summed E-state index contributed by atoms with van der Waals surface area (Å²) in [4.78, 5) is 10.4. The summed E-state index contributed by atoms with van der Waals surface area (Å²) in [7, 11) is 0. The SMILES string of the molecule is Cc1cccc(-c2nc(C(C)(C)C)c(CN)s2)n1. The van der Waals surface area contributed by atoms with Crippen LogP contribution in [0.2, 0.25) is 0 Å². The van der Waals surface area contributed by atoms with Gasteiger partial charge in [-0.1, -0.05) is 26.8 Å². The van der Waals surface area contributed by atoms with Crippen molar-refractivity contribution in [3.63, 3.8) is 0 Å². The van der Waals surface area contributed by atoms with Gasteiger partial charge >= 0.3 is 0 Å². The quantitative estimate of drug-likeness (QED) is 0.902. The van der Waals surface area contributed by atoms with E-state index in [1.807, 2.05) is 25.1 Å². The van der Waals surface area contributed by atoms with Gasteiger partial charge in [-0.15, -0.1) is 11.3 Å². The molecule has 2 heterocycles. The zero-order chi connectivity index (χ0) is 13.3. The standard InChI is InChI=1S/C14H19N3S/c1-9-6-5-7-10(16-9)13-17-12(14(2,3)4)11(8-15)18-13/h5-7H,8,15H2,1-4H3. The van der Waals surface area contributed by atoms with E-state index >= 15 is 0 Å². The maximum atomic E-state index is 5.82. The maximum absolute atomic E-state index is 5.82. The van der Waals surface area contributed by atoms with Crippen molar-refractivity contribution in [1.29, 1.82) is 0 Å². The van der Waals surface area contributed by atoms with Crippen LogP contribution in [-0.2, 0) is 12.0 Å². The van der Waals surface area contributed by atoms with E-state index in [1.54, 1.807) is 11.3 Å². The Morgan fingerprint density at radius 1 is 1.22 bits per heavy atom. The highest BCUT2D eigenvalue weighted by molar-refractivity contribution is 7.15. The number of hydrogen-bond donors (Lipinski definition) is 1. The van der Waals surface area contributed by atoms with E-state index in [-0.39, 0.29) is 5.41 Å². The molecule has 0 aliphatic rings. The molecule has 0 saturated heterocycles. The molecule has 0 saturated carbocycles. The molecule has 0 unspecified atom stereocenters. The Bertz CT molecular complexity index is 552. The lowest BCUT2D eigenvalue weighted by Crippen LogP contribution is -2.15. The van der Waals surface area contributed by atoms with Gasteiger partial charge in [-0.05, 0) is 19.1 Å². The monoisotopic (exact) mass is 261 g/mol. The second kappa shape index (κ2) is 4.78. The van der Waals surface area contributed by atoms with Gasteiger partial charge in [0.1, 0.15) is 5.01 Å². The van der Waals surface area contributed by atoms with Crippen molar-refractivity contribution in [3.8, 4) is 10.7 Å². The van der Waals surface area contributed by atoms with Crippen LogP contribution in [0.15, 0.2) is 18.2 Å². The van der Waals surface area contributed by atoms with Crippen LogP contribution in [0.3, 0.4) is 0 Å². The first-order chi connectivity index (χ1) is 8.41. The van der Waals surface area contributed by atoms with Gasteiger partial charge in [0.05, 0.1) is 11.4 Å². The molecule has 0 amide bonds. The molecule has 2 N–H and O–H groups in total. The zero-order valence-corrected chi connectivity index (χ0v) is 12.1. The minimum Gasteiger partial charge on any atom is -0.326 e. The van der Waals surface area contributed by atoms with Gasteiger partial charge in [0, 0.05) is 22.5 Å². The lowest BCUT2D eigenvalue weighted by Gasteiger charge is -2.16. The van der Waals surface area contributed by atoms with Crippen molar-refractivity contribution in [2.24, 2.45) is 5.73 Å². The number of aryl methyl sites for hydroxylation is 1. The molecule has 0 bridgehead atoms. The number of nitrogens with zero attached hydrogens (tertiary/aromatic N) is 2. The van der Waals surface area contributed by atoms with E-state index in [2.05, 4.69) is 25.8 Å². The number of nitrogens with two attached hydrogens (primary N) is 1. The van der Waals surface area contributed by atoms with E-state index < -0.39 is 0 Å². The first kappa shape index (κ1) is 13.2. The van der Waals surface area contributed by atoms with Crippen molar-refractivity contribution >= 4 is 11.3 Å². The third-order valence-corrected chi connectivity index (χ3v) is 3.80.